The number of carboxylic acid groups (broad SMARTS) is 2. The van der Waals surface area contributed by atoms with Crippen LogP contribution in [0.4, 0.5) is 0 Å². The molecule has 0 amide bonds. The summed E-state index contributed by atoms with van der Waals surface area (Å²) in [4.78, 5) is 24.2. The van der Waals surface area contributed by atoms with Crippen molar-refractivity contribution in [3.05, 3.63) is 0 Å². The average Bonchev–Trinajstić information content (AvgIpc) is 2.46. The summed E-state index contributed by atoms with van der Waals surface area (Å²) < 4.78 is 0. The van der Waals surface area contributed by atoms with E-state index in [1.165, 1.54) is 6.42 Å². The Kier molecular flexibility index (Phi) is 4.88. The van der Waals surface area contributed by atoms with Gasteiger partial charge in [-0.25, -0.2) is 0 Å². The Morgan fingerprint density at radius 1 is 0.955 bits per heavy atom. The molecule has 126 valence electrons. The monoisotopic (exact) mass is 310 g/mol. The van der Waals surface area contributed by atoms with Gasteiger partial charge in [-0.2, -0.15) is 0 Å². The highest BCUT2D eigenvalue weighted by Crippen LogP contribution is 2.59. The van der Waals surface area contributed by atoms with E-state index in [9.17, 15) is 19.8 Å². The summed E-state index contributed by atoms with van der Waals surface area (Å²) >= 11 is 0. The lowest BCUT2D eigenvalue weighted by atomic mass is 9.48. The highest BCUT2D eigenvalue weighted by Gasteiger charge is 2.60. The van der Waals surface area contributed by atoms with Crippen molar-refractivity contribution in [3.63, 3.8) is 0 Å². The van der Waals surface area contributed by atoms with Gasteiger partial charge in [0.25, 0.3) is 0 Å². The summed E-state index contributed by atoms with van der Waals surface area (Å²) in [5, 5.41) is 19.9. The Morgan fingerprint density at radius 2 is 1.55 bits per heavy atom. The standard InChI is InChI=1S/C18H30O4/c1-17(2,3)14-13(15(19)20)10-7-11-18(14,16(21)22)12-8-5-4-6-9-12/h12-14H,4-11H2,1-3H3,(H,19,20)(H,21,22). The molecule has 0 bridgehead atoms. The van der Waals surface area contributed by atoms with Crippen LogP contribution in [-0.4, -0.2) is 22.2 Å². The van der Waals surface area contributed by atoms with Gasteiger partial charge in [0.2, 0.25) is 0 Å². The summed E-state index contributed by atoms with van der Waals surface area (Å²) in [6.45, 7) is 6.04. The molecular weight excluding hydrogens is 280 g/mol. The van der Waals surface area contributed by atoms with Crippen LogP contribution in [0.15, 0.2) is 0 Å². The molecule has 2 fully saturated rings. The molecule has 2 aliphatic rings. The third kappa shape index (κ3) is 2.89. The molecule has 2 N–H and O–H groups in total. The first-order chi connectivity index (χ1) is 10.2. The van der Waals surface area contributed by atoms with Crippen LogP contribution in [0.2, 0.25) is 0 Å². The highest BCUT2D eigenvalue weighted by atomic mass is 16.4. The number of carbonyl (C=O) groups is 2. The van der Waals surface area contributed by atoms with E-state index in [-0.39, 0.29) is 17.3 Å². The molecule has 0 radical (unpaired) electrons. The van der Waals surface area contributed by atoms with Gasteiger partial charge in [-0.15, -0.1) is 0 Å². The molecule has 2 aliphatic carbocycles. The van der Waals surface area contributed by atoms with Crippen LogP contribution >= 0.6 is 0 Å². The predicted octanol–water partition coefficient (Wildman–Crippen LogP) is 4.18. The second kappa shape index (κ2) is 6.21. The summed E-state index contributed by atoms with van der Waals surface area (Å²) in [6.07, 6.45) is 7.16. The van der Waals surface area contributed by atoms with Crippen LogP contribution in [0.5, 0.6) is 0 Å². The maximum Gasteiger partial charge on any atom is 0.310 e. The molecule has 22 heavy (non-hydrogen) atoms. The minimum absolute atomic E-state index is 0.130. The Labute approximate surface area is 133 Å². The van der Waals surface area contributed by atoms with Gasteiger partial charge in [0.1, 0.15) is 0 Å². The van der Waals surface area contributed by atoms with E-state index in [4.69, 9.17) is 0 Å². The van der Waals surface area contributed by atoms with Crippen LogP contribution < -0.4 is 0 Å². The Morgan fingerprint density at radius 3 is 2.00 bits per heavy atom. The molecule has 3 atom stereocenters. The molecular formula is C18H30O4. The molecule has 0 aliphatic heterocycles. The Balaban J connectivity index is 2.51. The van der Waals surface area contributed by atoms with Crippen molar-refractivity contribution >= 4 is 11.9 Å². The van der Waals surface area contributed by atoms with E-state index in [2.05, 4.69) is 0 Å². The van der Waals surface area contributed by atoms with Gasteiger partial charge in [-0.05, 0) is 42.9 Å². The maximum atomic E-state index is 12.4. The molecule has 0 saturated heterocycles. The zero-order valence-corrected chi connectivity index (χ0v) is 14.1. The number of carboxylic acids is 2. The topological polar surface area (TPSA) is 74.6 Å². The Hall–Kier alpha value is -1.06. The van der Waals surface area contributed by atoms with Crippen molar-refractivity contribution < 1.29 is 19.8 Å². The van der Waals surface area contributed by atoms with Crippen molar-refractivity contribution in [1.29, 1.82) is 0 Å². The van der Waals surface area contributed by atoms with Gasteiger partial charge >= 0.3 is 11.9 Å². The van der Waals surface area contributed by atoms with Crippen molar-refractivity contribution in [1.82, 2.24) is 0 Å². The van der Waals surface area contributed by atoms with Crippen LogP contribution in [0, 0.1) is 28.6 Å². The molecule has 0 aromatic carbocycles. The fraction of sp³-hybridized carbons (Fsp3) is 0.889. The lowest BCUT2D eigenvalue weighted by Crippen LogP contribution is -2.56. The Bertz CT molecular complexity index is 431. The normalized spacial score (nSPS) is 34.3. The number of rotatable bonds is 3. The molecule has 4 heteroatoms. The van der Waals surface area contributed by atoms with E-state index in [1.54, 1.807) is 0 Å². The molecule has 0 spiro atoms. The molecule has 0 heterocycles. The van der Waals surface area contributed by atoms with Gasteiger partial charge < -0.3 is 10.2 Å². The van der Waals surface area contributed by atoms with E-state index < -0.39 is 23.3 Å². The summed E-state index contributed by atoms with van der Waals surface area (Å²) in [7, 11) is 0. The molecule has 4 nitrogen and oxygen atoms in total. The molecule has 0 aromatic heterocycles. The molecule has 0 aromatic rings. The van der Waals surface area contributed by atoms with E-state index in [0.717, 1.165) is 25.7 Å². The molecule has 2 rings (SSSR count). The molecule has 3 unspecified atom stereocenters. The third-order valence-corrected chi connectivity index (χ3v) is 6.04. The highest BCUT2D eigenvalue weighted by molar-refractivity contribution is 5.79. The fourth-order valence-corrected chi connectivity index (χ4v) is 5.43. The van der Waals surface area contributed by atoms with E-state index >= 15 is 0 Å². The van der Waals surface area contributed by atoms with Gasteiger partial charge in [0.05, 0.1) is 11.3 Å². The minimum atomic E-state index is -0.861. The first kappa shape index (κ1) is 17.3. The maximum absolute atomic E-state index is 12.4. The van der Waals surface area contributed by atoms with E-state index in [1.807, 2.05) is 20.8 Å². The fourth-order valence-electron chi connectivity index (χ4n) is 5.43. The first-order valence-corrected chi connectivity index (χ1v) is 8.67. The number of hydrogen-bond acceptors (Lipinski definition) is 2. The average molecular weight is 310 g/mol. The quantitative estimate of drug-likeness (QED) is 0.820. The minimum Gasteiger partial charge on any atom is -0.481 e. The zero-order valence-electron chi connectivity index (χ0n) is 14.1. The van der Waals surface area contributed by atoms with Gasteiger partial charge in [-0.3, -0.25) is 9.59 Å². The van der Waals surface area contributed by atoms with Crippen LogP contribution in [0.25, 0.3) is 0 Å². The van der Waals surface area contributed by atoms with Crippen molar-refractivity contribution in [3.8, 4) is 0 Å². The largest absolute Gasteiger partial charge is 0.481 e. The van der Waals surface area contributed by atoms with Gasteiger partial charge in [-0.1, -0.05) is 46.5 Å². The van der Waals surface area contributed by atoms with Crippen molar-refractivity contribution in [2.75, 3.05) is 0 Å². The first-order valence-electron chi connectivity index (χ1n) is 8.67. The number of aliphatic carboxylic acids is 2. The van der Waals surface area contributed by atoms with Crippen molar-refractivity contribution in [2.45, 2.75) is 72.1 Å². The zero-order chi connectivity index (χ0) is 16.5. The van der Waals surface area contributed by atoms with Gasteiger partial charge in [0, 0.05) is 0 Å². The van der Waals surface area contributed by atoms with E-state index in [0.29, 0.717) is 19.3 Å². The summed E-state index contributed by atoms with van der Waals surface area (Å²) in [5.41, 5.74) is -1.18. The van der Waals surface area contributed by atoms with Crippen LogP contribution in [0.3, 0.4) is 0 Å². The summed E-state index contributed by atoms with van der Waals surface area (Å²) in [6, 6.07) is 0. The second-order valence-corrected chi connectivity index (χ2v) is 8.36. The molecule has 2 saturated carbocycles. The third-order valence-electron chi connectivity index (χ3n) is 6.04. The predicted molar refractivity (Wildman–Crippen MR) is 84.6 cm³/mol. The van der Waals surface area contributed by atoms with Crippen molar-refractivity contribution in [2.24, 2.45) is 28.6 Å². The van der Waals surface area contributed by atoms with Crippen LogP contribution in [-0.2, 0) is 9.59 Å². The SMILES string of the molecule is CC(C)(C)C1C(C(=O)O)CCCC1(C(=O)O)C1CCCCC1. The second-order valence-electron chi connectivity index (χ2n) is 8.36. The van der Waals surface area contributed by atoms with Crippen LogP contribution in [0.1, 0.15) is 72.1 Å². The van der Waals surface area contributed by atoms with Gasteiger partial charge in [0.15, 0.2) is 0 Å². The summed E-state index contributed by atoms with van der Waals surface area (Å²) in [5.74, 6) is -2.28. The number of hydrogen-bond donors (Lipinski definition) is 2. The smallest absolute Gasteiger partial charge is 0.310 e. The lowest BCUT2D eigenvalue weighted by molar-refractivity contribution is -0.179. The lowest BCUT2D eigenvalue weighted by Gasteiger charge is -2.54.